The topological polar surface area (TPSA) is 17.1 Å². The molecule has 0 aromatic rings. The standard InChI is InChI=1S/C17H28O/c1-10-8-13-15(14(18)9-10)17(6,7)12(3)11(2)16(13,4)5/h10-12H,8-9H2,1-7H3. The van der Waals surface area contributed by atoms with Gasteiger partial charge in [0.05, 0.1) is 0 Å². The Bertz CT molecular complexity index is 411. The van der Waals surface area contributed by atoms with Crippen LogP contribution in [0.4, 0.5) is 0 Å². The maximum atomic E-state index is 12.5. The predicted octanol–water partition coefficient (Wildman–Crippen LogP) is 4.62. The summed E-state index contributed by atoms with van der Waals surface area (Å²) in [6.45, 7) is 16.1. The second-order valence-electron chi connectivity index (χ2n) is 7.81. The van der Waals surface area contributed by atoms with Gasteiger partial charge < -0.3 is 0 Å². The Hall–Kier alpha value is -0.590. The zero-order valence-electron chi connectivity index (χ0n) is 13.1. The quantitative estimate of drug-likeness (QED) is 0.611. The summed E-state index contributed by atoms with van der Waals surface area (Å²) >= 11 is 0. The summed E-state index contributed by atoms with van der Waals surface area (Å²) in [7, 11) is 0. The first-order chi connectivity index (χ1) is 8.10. The number of rotatable bonds is 0. The molecule has 0 radical (unpaired) electrons. The minimum atomic E-state index is 0.0431. The van der Waals surface area contributed by atoms with E-state index in [0.717, 1.165) is 12.8 Å². The van der Waals surface area contributed by atoms with E-state index in [4.69, 9.17) is 0 Å². The Morgan fingerprint density at radius 3 is 1.94 bits per heavy atom. The summed E-state index contributed by atoms with van der Waals surface area (Å²) < 4.78 is 0. The van der Waals surface area contributed by atoms with E-state index < -0.39 is 0 Å². The number of hydrogen-bond acceptors (Lipinski definition) is 1. The van der Waals surface area contributed by atoms with Crippen molar-refractivity contribution in [3.05, 3.63) is 11.1 Å². The fraction of sp³-hybridized carbons (Fsp3) is 0.824. The third-order valence-corrected chi connectivity index (χ3v) is 6.12. The van der Waals surface area contributed by atoms with E-state index in [2.05, 4.69) is 48.5 Å². The third kappa shape index (κ3) is 1.70. The van der Waals surface area contributed by atoms with Gasteiger partial charge in [-0.15, -0.1) is 0 Å². The van der Waals surface area contributed by atoms with Crippen molar-refractivity contribution in [1.29, 1.82) is 0 Å². The third-order valence-electron chi connectivity index (χ3n) is 6.12. The summed E-state index contributed by atoms with van der Waals surface area (Å²) in [4.78, 5) is 12.5. The maximum Gasteiger partial charge on any atom is 0.159 e. The van der Waals surface area contributed by atoms with Crippen molar-refractivity contribution in [2.75, 3.05) is 0 Å². The molecular formula is C17H28O. The minimum absolute atomic E-state index is 0.0431. The molecule has 0 saturated heterocycles. The zero-order chi connectivity index (χ0) is 13.9. The summed E-state index contributed by atoms with van der Waals surface area (Å²) in [5.74, 6) is 2.13. The molecule has 1 nitrogen and oxygen atoms in total. The van der Waals surface area contributed by atoms with Crippen LogP contribution in [0, 0.1) is 28.6 Å². The van der Waals surface area contributed by atoms with Crippen molar-refractivity contribution in [3.8, 4) is 0 Å². The van der Waals surface area contributed by atoms with Crippen molar-refractivity contribution in [1.82, 2.24) is 0 Å². The van der Waals surface area contributed by atoms with E-state index in [1.165, 1.54) is 11.1 Å². The highest BCUT2D eigenvalue weighted by atomic mass is 16.1. The number of ketones is 1. The van der Waals surface area contributed by atoms with Gasteiger partial charge in [-0.2, -0.15) is 0 Å². The second kappa shape index (κ2) is 3.95. The van der Waals surface area contributed by atoms with Crippen molar-refractivity contribution >= 4 is 5.78 Å². The van der Waals surface area contributed by atoms with Crippen molar-refractivity contribution in [2.24, 2.45) is 28.6 Å². The molecule has 0 bridgehead atoms. The first kappa shape index (κ1) is 13.8. The Kier molecular flexibility index (Phi) is 3.04. The largest absolute Gasteiger partial charge is 0.295 e. The van der Waals surface area contributed by atoms with Crippen LogP contribution in [-0.2, 0) is 4.79 Å². The molecule has 3 atom stereocenters. The highest BCUT2D eigenvalue weighted by Crippen LogP contribution is 2.58. The van der Waals surface area contributed by atoms with E-state index in [0.29, 0.717) is 23.5 Å². The molecule has 3 unspecified atom stereocenters. The molecule has 2 rings (SSSR count). The summed E-state index contributed by atoms with van der Waals surface area (Å²) in [6.07, 6.45) is 1.87. The molecule has 0 saturated carbocycles. The molecule has 102 valence electrons. The Morgan fingerprint density at radius 2 is 1.39 bits per heavy atom. The van der Waals surface area contributed by atoms with Gasteiger partial charge in [-0.05, 0) is 35.0 Å². The molecule has 0 aliphatic heterocycles. The number of carbonyl (C=O) groups excluding carboxylic acids is 1. The highest BCUT2D eigenvalue weighted by molar-refractivity contribution is 5.98. The van der Waals surface area contributed by atoms with Crippen LogP contribution < -0.4 is 0 Å². The van der Waals surface area contributed by atoms with Crippen molar-refractivity contribution in [2.45, 2.75) is 61.3 Å². The van der Waals surface area contributed by atoms with Gasteiger partial charge in [0, 0.05) is 12.0 Å². The number of allylic oxidation sites excluding steroid dienone is 2. The van der Waals surface area contributed by atoms with Crippen LogP contribution in [0.2, 0.25) is 0 Å². The van der Waals surface area contributed by atoms with Gasteiger partial charge in [0.15, 0.2) is 5.78 Å². The lowest BCUT2D eigenvalue weighted by Crippen LogP contribution is -2.47. The lowest BCUT2D eigenvalue weighted by Gasteiger charge is -2.54. The average molecular weight is 248 g/mol. The van der Waals surface area contributed by atoms with Gasteiger partial charge in [0.25, 0.3) is 0 Å². The molecule has 2 aliphatic rings. The average Bonchev–Trinajstić information content (AvgIpc) is 2.23. The van der Waals surface area contributed by atoms with Crippen molar-refractivity contribution in [3.63, 3.8) is 0 Å². The second-order valence-corrected chi connectivity index (χ2v) is 7.81. The molecular weight excluding hydrogens is 220 g/mol. The SMILES string of the molecule is CC1CC(=O)C2=C(C1)C(C)(C)C(C)C(C)C2(C)C. The number of carbonyl (C=O) groups is 1. The summed E-state index contributed by atoms with van der Waals surface area (Å²) in [5, 5.41) is 0. The van der Waals surface area contributed by atoms with E-state index in [-0.39, 0.29) is 10.8 Å². The van der Waals surface area contributed by atoms with Gasteiger partial charge in [-0.1, -0.05) is 54.0 Å². The number of Topliss-reactive ketones (excluding diaryl/α,β-unsaturated/α-hetero) is 1. The first-order valence-electron chi connectivity index (χ1n) is 7.37. The lowest BCUT2D eigenvalue weighted by molar-refractivity contribution is -0.119. The summed E-state index contributed by atoms with van der Waals surface area (Å²) in [6, 6.07) is 0. The van der Waals surface area contributed by atoms with Crippen LogP contribution in [0.5, 0.6) is 0 Å². The van der Waals surface area contributed by atoms with Gasteiger partial charge in [-0.25, -0.2) is 0 Å². The predicted molar refractivity (Wildman–Crippen MR) is 76.3 cm³/mol. The molecule has 0 N–H and O–H groups in total. The molecule has 0 fully saturated rings. The lowest BCUT2D eigenvalue weighted by atomic mass is 9.50. The Balaban J connectivity index is 2.66. The monoisotopic (exact) mass is 248 g/mol. The molecule has 0 spiro atoms. The minimum Gasteiger partial charge on any atom is -0.295 e. The van der Waals surface area contributed by atoms with E-state index in [1.807, 2.05) is 0 Å². The zero-order valence-corrected chi connectivity index (χ0v) is 13.1. The van der Waals surface area contributed by atoms with E-state index >= 15 is 0 Å². The molecule has 0 aromatic carbocycles. The van der Waals surface area contributed by atoms with E-state index in [1.54, 1.807) is 0 Å². The Morgan fingerprint density at radius 1 is 0.889 bits per heavy atom. The smallest absolute Gasteiger partial charge is 0.159 e. The molecule has 0 heterocycles. The van der Waals surface area contributed by atoms with Gasteiger partial charge in [0.2, 0.25) is 0 Å². The van der Waals surface area contributed by atoms with Crippen LogP contribution in [0.25, 0.3) is 0 Å². The van der Waals surface area contributed by atoms with Gasteiger partial charge in [-0.3, -0.25) is 4.79 Å². The Labute approximate surface area is 112 Å². The molecule has 0 aromatic heterocycles. The number of hydrogen-bond donors (Lipinski definition) is 0. The van der Waals surface area contributed by atoms with Crippen LogP contribution >= 0.6 is 0 Å². The van der Waals surface area contributed by atoms with E-state index in [9.17, 15) is 4.79 Å². The van der Waals surface area contributed by atoms with Gasteiger partial charge >= 0.3 is 0 Å². The highest BCUT2D eigenvalue weighted by Gasteiger charge is 2.51. The van der Waals surface area contributed by atoms with Crippen LogP contribution in [0.1, 0.15) is 61.3 Å². The van der Waals surface area contributed by atoms with Crippen molar-refractivity contribution < 1.29 is 4.79 Å². The first-order valence-corrected chi connectivity index (χ1v) is 7.37. The van der Waals surface area contributed by atoms with Crippen LogP contribution in [-0.4, -0.2) is 5.78 Å². The van der Waals surface area contributed by atoms with Gasteiger partial charge in [0.1, 0.15) is 0 Å². The molecule has 0 amide bonds. The van der Waals surface area contributed by atoms with Crippen LogP contribution in [0.3, 0.4) is 0 Å². The summed E-state index contributed by atoms with van der Waals surface area (Å²) in [5.41, 5.74) is 2.86. The normalized spacial score (nSPS) is 38.6. The molecule has 2 aliphatic carbocycles. The van der Waals surface area contributed by atoms with Crippen LogP contribution in [0.15, 0.2) is 11.1 Å². The maximum absolute atomic E-state index is 12.5. The fourth-order valence-electron chi connectivity index (χ4n) is 4.20. The molecule has 1 heteroatoms. The molecule has 18 heavy (non-hydrogen) atoms. The fourth-order valence-corrected chi connectivity index (χ4v) is 4.20.